The number of benzene rings is 2. The molecule has 0 saturated carbocycles. The van der Waals surface area contributed by atoms with Gasteiger partial charge in [-0.1, -0.05) is 66.7 Å². The maximum atomic E-state index is 10.5. The molecular weight excluding hydrogens is 270 g/mol. The molecular formula is C20H25NO. The summed E-state index contributed by atoms with van der Waals surface area (Å²) in [5.74, 6) is 0.217. The lowest BCUT2D eigenvalue weighted by atomic mass is 9.86. The number of hydrogen-bond donors (Lipinski definition) is 1. The summed E-state index contributed by atoms with van der Waals surface area (Å²) >= 11 is 0. The van der Waals surface area contributed by atoms with Crippen molar-refractivity contribution in [1.29, 1.82) is 0 Å². The second-order valence-electron chi connectivity index (χ2n) is 5.77. The fourth-order valence-corrected chi connectivity index (χ4v) is 2.84. The van der Waals surface area contributed by atoms with Gasteiger partial charge in [0.25, 0.3) is 0 Å². The van der Waals surface area contributed by atoms with Crippen LogP contribution in [0.15, 0.2) is 73.3 Å². The fraction of sp³-hybridized carbons (Fsp3) is 0.300. The molecule has 1 N–H and O–H groups in total. The van der Waals surface area contributed by atoms with Gasteiger partial charge in [-0.05, 0) is 24.6 Å². The third kappa shape index (κ3) is 4.83. The van der Waals surface area contributed by atoms with Gasteiger partial charge in [0.1, 0.15) is 0 Å². The quantitative estimate of drug-likeness (QED) is 0.751. The van der Waals surface area contributed by atoms with Gasteiger partial charge in [0.15, 0.2) is 0 Å². The third-order valence-corrected chi connectivity index (χ3v) is 3.87. The summed E-state index contributed by atoms with van der Waals surface area (Å²) in [6.45, 7) is 5.19. The SMILES string of the molecule is C=CCN(C)CC(O)CC(c1ccccc1)c1ccccc1. The van der Waals surface area contributed by atoms with E-state index in [1.165, 1.54) is 11.1 Å². The smallest absolute Gasteiger partial charge is 0.0676 e. The summed E-state index contributed by atoms with van der Waals surface area (Å²) in [5.41, 5.74) is 2.50. The van der Waals surface area contributed by atoms with Crippen molar-refractivity contribution in [1.82, 2.24) is 4.90 Å². The zero-order chi connectivity index (χ0) is 15.8. The standard InChI is InChI=1S/C20H25NO/c1-3-14-21(2)16-19(22)15-20(17-10-6-4-7-11-17)18-12-8-5-9-13-18/h3-13,19-20,22H,1,14-16H2,2H3. The topological polar surface area (TPSA) is 23.5 Å². The normalized spacial score (nSPS) is 12.5. The summed E-state index contributed by atoms with van der Waals surface area (Å²) in [5, 5.41) is 10.5. The van der Waals surface area contributed by atoms with E-state index in [1.807, 2.05) is 25.3 Å². The average Bonchev–Trinajstić information content (AvgIpc) is 2.54. The first-order valence-electron chi connectivity index (χ1n) is 7.78. The molecule has 0 fully saturated rings. The number of nitrogens with zero attached hydrogens (tertiary/aromatic N) is 1. The molecule has 0 aliphatic heterocycles. The zero-order valence-electron chi connectivity index (χ0n) is 13.2. The minimum atomic E-state index is -0.365. The van der Waals surface area contributed by atoms with Gasteiger partial charge in [-0.15, -0.1) is 6.58 Å². The van der Waals surface area contributed by atoms with Gasteiger partial charge in [0.05, 0.1) is 6.10 Å². The van der Waals surface area contributed by atoms with Gasteiger partial charge in [-0.2, -0.15) is 0 Å². The molecule has 116 valence electrons. The average molecular weight is 295 g/mol. The van der Waals surface area contributed by atoms with Crippen molar-refractivity contribution in [2.75, 3.05) is 20.1 Å². The van der Waals surface area contributed by atoms with E-state index in [4.69, 9.17) is 0 Å². The van der Waals surface area contributed by atoms with E-state index in [1.54, 1.807) is 0 Å². The van der Waals surface area contributed by atoms with Crippen molar-refractivity contribution in [3.05, 3.63) is 84.4 Å². The fourth-order valence-electron chi connectivity index (χ4n) is 2.84. The molecule has 2 nitrogen and oxygen atoms in total. The Bertz CT molecular complexity index is 513. The van der Waals surface area contributed by atoms with Crippen LogP contribution in [0.2, 0.25) is 0 Å². The highest BCUT2D eigenvalue weighted by atomic mass is 16.3. The molecule has 0 bridgehead atoms. The zero-order valence-corrected chi connectivity index (χ0v) is 13.2. The van der Waals surface area contributed by atoms with Crippen LogP contribution in [0.4, 0.5) is 0 Å². The molecule has 1 unspecified atom stereocenters. The number of hydrogen-bond acceptors (Lipinski definition) is 2. The Hall–Kier alpha value is -1.90. The summed E-state index contributed by atoms with van der Waals surface area (Å²) in [4.78, 5) is 2.09. The number of aliphatic hydroxyl groups excluding tert-OH is 1. The molecule has 2 aromatic carbocycles. The van der Waals surface area contributed by atoms with Crippen LogP contribution in [0, 0.1) is 0 Å². The van der Waals surface area contributed by atoms with E-state index in [-0.39, 0.29) is 12.0 Å². The number of rotatable bonds is 8. The minimum absolute atomic E-state index is 0.217. The Morgan fingerprint density at radius 1 is 1.00 bits per heavy atom. The minimum Gasteiger partial charge on any atom is -0.392 e. The molecule has 0 aromatic heterocycles. The van der Waals surface area contributed by atoms with E-state index in [9.17, 15) is 5.11 Å². The summed E-state index contributed by atoms with van der Waals surface area (Å²) in [6.07, 6.45) is 2.21. The van der Waals surface area contributed by atoms with E-state index in [0.29, 0.717) is 6.54 Å². The maximum absolute atomic E-state index is 10.5. The Kier molecular flexibility index (Phi) is 6.38. The van der Waals surface area contributed by atoms with Gasteiger partial charge >= 0.3 is 0 Å². The van der Waals surface area contributed by atoms with Crippen molar-refractivity contribution in [2.24, 2.45) is 0 Å². The van der Waals surface area contributed by atoms with E-state index in [0.717, 1.165) is 13.0 Å². The molecule has 2 aromatic rings. The summed E-state index contributed by atoms with van der Waals surface area (Å²) in [6, 6.07) is 20.8. The molecule has 0 aliphatic carbocycles. The van der Waals surface area contributed by atoms with Crippen LogP contribution >= 0.6 is 0 Å². The van der Waals surface area contributed by atoms with Gasteiger partial charge in [0, 0.05) is 19.0 Å². The highest BCUT2D eigenvalue weighted by molar-refractivity contribution is 5.32. The van der Waals surface area contributed by atoms with Crippen molar-refractivity contribution >= 4 is 0 Å². The largest absolute Gasteiger partial charge is 0.392 e. The van der Waals surface area contributed by atoms with Crippen molar-refractivity contribution in [3.63, 3.8) is 0 Å². The first-order valence-corrected chi connectivity index (χ1v) is 7.78. The second-order valence-corrected chi connectivity index (χ2v) is 5.77. The summed E-state index contributed by atoms with van der Waals surface area (Å²) < 4.78 is 0. The van der Waals surface area contributed by atoms with Gasteiger partial charge in [0.2, 0.25) is 0 Å². The third-order valence-electron chi connectivity index (χ3n) is 3.87. The molecule has 2 heteroatoms. The van der Waals surface area contributed by atoms with Crippen molar-refractivity contribution in [2.45, 2.75) is 18.4 Å². The molecule has 0 spiro atoms. The molecule has 2 rings (SSSR count). The Morgan fingerprint density at radius 2 is 1.50 bits per heavy atom. The van der Waals surface area contributed by atoms with E-state index >= 15 is 0 Å². The van der Waals surface area contributed by atoms with Crippen molar-refractivity contribution in [3.8, 4) is 0 Å². The monoisotopic (exact) mass is 295 g/mol. The maximum Gasteiger partial charge on any atom is 0.0676 e. The van der Waals surface area contributed by atoms with Crippen LogP contribution in [0.5, 0.6) is 0 Å². The summed E-state index contributed by atoms with van der Waals surface area (Å²) in [7, 11) is 2.00. The van der Waals surface area contributed by atoms with Gasteiger partial charge in [-0.3, -0.25) is 0 Å². The predicted molar refractivity (Wildman–Crippen MR) is 93.0 cm³/mol. The Balaban J connectivity index is 2.14. The Morgan fingerprint density at radius 3 is 1.95 bits per heavy atom. The van der Waals surface area contributed by atoms with Crippen LogP contribution in [-0.4, -0.2) is 36.2 Å². The highest BCUT2D eigenvalue weighted by Gasteiger charge is 2.19. The molecule has 22 heavy (non-hydrogen) atoms. The van der Waals surface area contributed by atoms with Crippen LogP contribution in [0.25, 0.3) is 0 Å². The molecule has 0 saturated heterocycles. The molecule has 0 heterocycles. The lowest BCUT2D eigenvalue weighted by molar-refractivity contribution is 0.119. The Labute approximate surface area is 133 Å². The van der Waals surface area contributed by atoms with E-state index < -0.39 is 0 Å². The molecule has 0 amide bonds. The van der Waals surface area contributed by atoms with Crippen LogP contribution in [0.1, 0.15) is 23.5 Å². The van der Waals surface area contributed by atoms with Gasteiger partial charge < -0.3 is 10.0 Å². The first-order chi connectivity index (χ1) is 10.7. The number of aliphatic hydroxyl groups is 1. The predicted octanol–water partition coefficient (Wildman–Crippen LogP) is 3.69. The number of likely N-dealkylation sites (N-methyl/N-ethyl adjacent to an activating group) is 1. The lowest BCUT2D eigenvalue weighted by Gasteiger charge is -2.24. The lowest BCUT2D eigenvalue weighted by Crippen LogP contribution is -2.30. The first kappa shape index (κ1) is 16.5. The molecule has 0 aliphatic rings. The van der Waals surface area contributed by atoms with Crippen molar-refractivity contribution < 1.29 is 5.11 Å². The van der Waals surface area contributed by atoms with E-state index in [2.05, 4.69) is 60.0 Å². The second kappa shape index (κ2) is 8.52. The van der Waals surface area contributed by atoms with Crippen LogP contribution < -0.4 is 0 Å². The van der Waals surface area contributed by atoms with Crippen LogP contribution in [0.3, 0.4) is 0 Å². The highest BCUT2D eigenvalue weighted by Crippen LogP contribution is 2.29. The molecule has 0 radical (unpaired) electrons. The van der Waals surface area contributed by atoms with Crippen LogP contribution in [-0.2, 0) is 0 Å². The van der Waals surface area contributed by atoms with Gasteiger partial charge in [-0.25, -0.2) is 0 Å². The molecule has 1 atom stereocenters.